The van der Waals surface area contributed by atoms with E-state index < -0.39 is 66.6 Å². The van der Waals surface area contributed by atoms with Gasteiger partial charge in [0.05, 0.1) is 0 Å². The molecule has 0 aliphatic rings. The highest BCUT2D eigenvalue weighted by atomic mass is 32.3. The largest absolute Gasteiger partial charge is 0.449 e. The Balaban J connectivity index is 2.92. The van der Waals surface area contributed by atoms with Crippen LogP contribution in [0, 0.1) is 0 Å². The zero-order valence-electron chi connectivity index (χ0n) is 16.5. The molecule has 2 rings (SSSR count). The maximum atomic E-state index is 13.1. The van der Waals surface area contributed by atoms with Gasteiger partial charge in [-0.1, -0.05) is 60.7 Å². The van der Waals surface area contributed by atoms with E-state index in [1.807, 2.05) is 0 Å². The molecule has 14 nitrogen and oxygen atoms in total. The third kappa shape index (κ3) is 5.33. The molecule has 4 N–H and O–H groups in total. The van der Waals surface area contributed by atoms with Crippen LogP contribution in [0.1, 0.15) is 20.7 Å². The third-order valence-corrected chi connectivity index (χ3v) is 4.93. The summed E-state index contributed by atoms with van der Waals surface area (Å²) in [7, 11) is -11.7. The summed E-state index contributed by atoms with van der Waals surface area (Å²) < 4.78 is 69.1. The monoisotopic (exact) mass is 518 g/mol. The van der Waals surface area contributed by atoms with Gasteiger partial charge in [0.1, 0.15) is 0 Å². The SMILES string of the molecule is O=C(OS(=O)(=O)O)C(O)(C(=O)c1ccccc1)C(O)(C(=O)OS(=O)(=O)O)C(=O)c1ccccc1. The first-order valence-corrected chi connectivity index (χ1v) is 11.3. The van der Waals surface area contributed by atoms with Crippen molar-refractivity contribution < 1.29 is 63.7 Å². The van der Waals surface area contributed by atoms with Crippen LogP contribution in [0.4, 0.5) is 0 Å². The molecule has 182 valence electrons. The summed E-state index contributed by atoms with van der Waals surface area (Å²) in [6, 6.07) is 10.8. The second kappa shape index (κ2) is 9.37. The van der Waals surface area contributed by atoms with E-state index in [0.29, 0.717) is 0 Å². The fraction of sp³-hybridized carbons (Fsp3) is 0.111. The highest BCUT2D eigenvalue weighted by Crippen LogP contribution is 2.34. The highest BCUT2D eigenvalue weighted by Gasteiger charge is 2.72. The number of rotatable bonds is 9. The smallest absolute Gasteiger partial charge is 0.368 e. The van der Waals surface area contributed by atoms with Gasteiger partial charge in [0, 0.05) is 11.1 Å². The van der Waals surface area contributed by atoms with Gasteiger partial charge >= 0.3 is 32.7 Å². The van der Waals surface area contributed by atoms with Crippen molar-refractivity contribution in [3.63, 3.8) is 0 Å². The van der Waals surface area contributed by atoms with Crippen LogP contribution in [0.25, 0.3) is 0 Å². The number of aliphatic hydroxyl groups is 2. The summed E-state index contributed by atoms with van der Waals surface area (Å²) in [6.45, 7) is 0. The topological polar surface area (TPSA) is 236 Å². The van der Waals surface area contributed by atoms with Crippen molar-refractivity contribution in [3.8, 4) is 0 Å². The first kappa shape index (κ1) is 26.7. The van der Waals surface area contributed by atoms with Crippen LogP contribution in [-0.4, -0.2) is 70.9 Å². The highest BCUT2D eigenvalue weighted by molar-refractivity contribution is 7.81. The Morgan fingerprint density at radius 2 is 0.853 bits per heavy atom. The molecule has 0 spiro atoms. The van der Waals surface area contributed by atoms with Crippen LogP contribution in [0.15, 0.2) is 60.7 Å². The van der Waals surface area contributed by atoms with Crippen molar-refractivity contribution in [1.29, 1.82) is 0 Å². The van der Waals surface area contributed by atoms with Crippen molar-refractivity contribution in [3.05, 3.63) is 71.8 Å². The molecule has 0 aliphatic heterocycles. The zero-order valence-corrected chi connectivity index (χ0v) is 18.1. The van der Waals surface area contributed by atoms with Crippen LogP contribution < -0.4 is 0 Å². The molecule has 0 bridgehead atoms. The van der Waals surface area contributed by atoms with E-state index in [2.05, 4.69) is 8.37 Å². The van der Waals surface area contributed by atoms with E-state index in [9.17, 15) is 46.2 Å². The second-order valence-electron chi connectivity index (χ2n) is 6.41. The maximum absolute atomic E-state index is 13.1. The van der Waals surface area contributed by atoms with Crippen molar-refractivity contribution in [1.82, 2.24) is 0 Å². The molecule has 0 amide bonds. The minimum absolute atomic E-state index is 0.726. The minimum atomic E-state index is -5.84. The van der Waals surface area contributed by atoms with Gasteiger partial charge in [-0.2, -0.15) is 16.8 Å². The molecule has 16 heteroatoms. The van der Waals surface area contributed by atoms with Crippen LogP contribution in [0.5, 0.6) is 0 Å². The molecular formula is C18H14O14S2. The molecule has 34 heavy (non-hydrogen) atoms. The second-order valence-corrected chi connectivity index (χ2v) is 8.45. The van der Waals surface area contributed by atoms with Crippen molar-refractivity contribution in [2.45, 2.75) is 11.2 Å². The zero-order chi connectivity index (χ0) is 25.9. The van der Waals surface area contributed by atoms with Crippen LogP contribution in [-0.2, 0) is 38.8 Å². The first-order valence-electron chi connectivity index (χ1n) is 8.61. The minimum Gasteiger partial charge on any atom is -0.368 e. The number of hydrogen-bond acceptors (Lipinski definition) is 12. The van der Waals surface area contributed by atoms with E-state index in [-0.39, 0.29) is 0 Å². The average molecular weight is 518 g/mol. The normalized spacial score (nSPS) is 15.3. The molecule has 0 saturated heterocycles. The fourth-order valence-corrected chi connectivity index (χ4v) is 3.34. The van der Waals surface area contributed by atoms with E-state index in [0.717, 1.165) is 48.5 Å². The molecular weight excluding hydrogens is 504 g/mol. The molecule has 0 aliphatic carbocycles. The number of Topliss-reactive ketones (excluding diaryl/α,β-unsaturated/α-hetero) is 2. The number of carbonyl (C=O) groups excluding carboxylic acids is 4. The van der Waals surface area contributed by atoms with Gasteiger partial charge in [-0.3, -0.25) is 18.7 Å². The molecule has 2 aromatic rings. The lowest BCUT2D eigenvalue weighted by atomic mass is 9.73. The fourth-order valence-electron chi connectivity index (χ4n) is 2.72. The Bertz CT molecular complexity index is 1230. The molecule has 2 aromatic carbocycles. The molecule has 0 saturated carbocycles. The number of hydrogen-bond donors (Lipinski definition) is 4. The van der Waals surface area contributed by atoms with Crippen molar-refractivity contribution in [2.75, 3.05) is 0 Å². The van der Waals surface area contributed by atoms with E-state index >= 15 is 0 Å². The van der Waals surface area contributed by atoms with Crippen LogP contribution in [0.3, 0.4) is 0 Å². The van der Waals surface area contributed by atoms with Gasteiger partial charge in [0.25, 0.3) is 11.2 Å². The average Bonchev–Trinajstić information content (AvgIpc) is 2.75. The van der Waals surface area contributed by atoms with Gasteiger partial charge in [-0.05, 0) is 0 Å². The summed E-state index contributed by atoms with van der Waals surface area (Å²) in [5.41, 5.74) is -10.6. The Morgan fingerprint density at radius 3 is 1.09 bits per heavy atom. The summed E-state index contributed by atoms with van der Waals surface area (Å²) in [4.78, 5) is 51.3. The predicted molar refractivity (Wildman–Crippen MR) is 107 cm³/mol. The summed E-state index contributed by atoms with van der Waals surface area (Å²) in [5.74, 6) is -9.69. The standard InChI is InChI=1S/C18H14O14S2/c19-13(11-7-3-1-4-8-11)17(23,15(21)31-33(25,26)27)18(24,16(22)32-34(28,29)30)14(20)12-9-5-2-6-10-12/h1-10,23-24H,(H,25,26,27)(H,28,29,30). The van der Waals surface area contributed by atoms with Gasteiger partial charge in [0.15, 0.2) is 0 Å². The lowest BCUT2D eigenvalue weighted by Gasteiger charge is -2.35. The van der Waals surface area contributed by atoms with Gasteiger partial charge < -0.3 is 18.6 Å². The molecule has 0 radical (unpaired) electrons. The Hall–Kier alpha value is -3.54. The lowest BCUT2D eigenvalue weighted by molar-refractivity contribution is -0.183. The van der Waals surface area contributed by atoms with E-state index in [1.54, 1.807) is 0 Å². The van der Waals surface area contributed by atoms with Gasteiger partial charge in [-0.25, -0.2) is 9.59 Å². The van der Waals surface area contributed by atoms with E-state index in [1.165, 1.54) is 12.1 Å². The van der Waals surface area contributed by atoms with Gasteiger partial charge in [-0.15, -0.1) is 0 Å². The molecule has 2 unspecified atom stereocenters. The third-order valence-electron chi connectivity index (χ3n) is 4.21. The number of benzene rings is 2. The number of ketones is 2. The van der Waals surface area contributed by atoms with Crippen molar-refractivity contribution in [2.24, 2.45) is 0 Å². The molecule has 0 heterocycles. The summed E-state index contributed by atoms with van der Waals surface area (Å²) in [5, 5.41) is 22.1. The molecule has 0 aromatic heterocycles. The first-order chi connectivity index (χ1) is 15.5. The molecule has 0 fully saturated rings. The van der Waals surface area contributed by atoms with E-state index in [4.69, 9.17) is 9.11 Å². The van der Waals surface area contributed by atoms with Gasteiger partial charge in [0.2, 0.25) is 11.6 Å². The number of carbonyl (C=O) groups is 4. The van der Waals surface area contributed by atoms with Crippen LogP contribution >= 0.6 is 0 Å². The van der Waals surface area contributed by atoms with Crippen LogP contribution in [0.2, 0.25) is 0 Å². The Morgan fingerprint density at radius 1 is 0.588 bits per heavy atom. The Labute approximate surface area is 191 Å². The van der Waals surface area contributed by atoms with Crippen molar-refractivity contribution >= 4 is 44.3 Å². The summed E-state index contributed by atoms with van der Waals surface area (Å²) >= 11 is 0. The molecule has 2 atom stereocenters. The maximum Gasteiger partial charge on any atom is 0.449 e. The predicted octanol–water partition coefficient (Wildman–Crippen LogP) is -1.09. The lowest BCUT2D eigenvalue weighted by Crippen LogP contribution is -2.72. The Kier molecular flexibility index (Phi) is 7.36. The summed E-state index contributed by atoms with van der Waals surface area (Å²) in [6.07, 6.45) is 0. The quantitative estimate of drug-likeness (QED) is 0.175.